The lowest BCUT2D eigenvalue weighted by molar-refractivity contribution is 0.529. The molecule has 0 aliphatic heterocycles. The molecule has 1 aromatic carbocycles. The van der Waals surface area contributed by atoms with Crippen molar-refractivity contribution in [2.45, 2.75) is 25.8 Å². The van der Waals surface area contributed by atoms with Crippen LogP contribution in [0.1, 0.15) is 30.5 Å². The van der Waals surface area contributed by atoms with Crippen molar-refractivity contribution < 1.29 is 0 Å². The molecule has 0 fully saturated rings. The predicted molar refractivity (Wildman–Crippen MR) is 93.1 cm³/mol. The molecule has 0 bridgehead atoms. The molecule has 1 unspecified atom stereocenters. The fourth-order valence-electron chi connectivity index (χ4n) is 2.14. The van der Waals surface area contributed by atoms with Crippen molar-refractivity contribution in [3.05, 3.63) is 62.4 Å². The Morgan fingerprint density at radius 2 is 2.20 bits per heavy atom. The van der Waals surface area contributed by atoms with Crippen LogP contribution >= 0.6 is 34.2 Å². The monoisotopic (exact) mass is 400 g/mol. The molecule has 2 rings (SSSR count). The van der Waals surface area contributed by atoms with Crippen LogP contribution in [0.25, 0.3) is 0 Å². The Morgan fingerprint density at radius 1 is 1.35 bits per heavy atom. The van der Waals surface area contributed by atoms with Crippen LogP contribution in [-0.2, 0) is 6.42 Å². The molecule has 0 aliphatic rings. The Balaban J connectivity index is 2.21. The number of pyridine rings is 1. The average Bonchev–Trinajstić information content (AvgIpc) is 2.45. The number of halogens is 2. The summed E-state index contributed by atoms with van der Waals surface area (Å²) in [6.45, 7) is 3.18. The van der Waals surface area contributed by atoms with Gasteiger partial charge in [0, 0.05) is 22.0 Å². The first-order valence-corrected chi connectivity index (χ1v) is 8.23. The second-order valence-electron chi connectivity index (χ2n) is 4.73. The van der Waals surface area contributed by atoms with E-state index in [9.17, 15) is 0 Å². The van der Waals surface area contributed by atoms with E-state index in [0.29, 0.717) is 0 Å². The molecule has 2 aromatic rings. The SMILES string of the molecule is CCCNC(Cc1ccncc1Cl)c1cccc(I)c1. The van der Waals surface area contributed by atoms with E-state index < -0.39 is 0 Å². The average molecular weight is 401 g/mol. The van der Waals surface area contributed by atoms with Gasteiger partial charge in [-0.25, -0.2) is 0 Å². The predicted octanol–water partition coefficient (Wildman–Crippen LogP) is 4.62. The molecular weight excluding hydrogens is 383 g/mol. The molecule has 0 saturated carbocycles. The lowest BCUT2D eigenvalue weighted by Crippen LogP contribution is -2.24. The van der Waals surface area contributed by atoms with Gasteiger partial charge in [0.1, 0.15) is 0 Å². The summed E-state index contributed by atoms with van der Waals surface area (Å²) in [6.07, 6.45) is 5.50. The van der Waals surface area contributed by atoms with Gasteiger partial charge in [-0.3, -0.25) is 4.98 Å². The highest BCUT2D eigenvalue weighted by molar-refractivity contribution is 14.1. The second kappa shape index (κ2) is 7.96. The van der Waals surface area contributed by atoms with Gasteiger partial charge in [0.2, 0.25) is 0 Å². The zero-order chi connectivity index (χ0) is 14.4. The Kier molecular flexibility index (Phi) is 6.26. The van der Waals surface area contributed by atoms with Crippen LogP contribution in [-0.4, -0.2) is 11.5 Å². The molecule has 2 nitrogen and oxygen atoms in total. The molecule has 0 amide bonds. The van der Waals surface area contributed by atoms with E-state index in [2.05, 4.69) is 64.1 Å². The fraction of sp³-hybridized carbons (Fsp3) is 0.312. The lowest BCUT2D eigenvalue weighted by Gasteiger charge is -2.20. The topological polar surface area (TPSA) is 24.9 Å². The standard InChI is InChI=1S/C16H18ClIN2/c1-2-7-20-16(13-4-3-5-14(18)9-13)10-12-6-8-19-11-15(12)17/h3-6,8-9,11,16,20H,2,7,10H2,1H3. The summed E-state index contributed by atoms with van der Waals surface area (Å²) in [5.41, 5.74) is 2.44. The first-order chi connectivity index (χ1) is 9.70. The van der Waals surface area contributed by atoms with Crippen molar-refractivity contribution in [3.8, 4) is 0 Å². The molecule has 0 saturated heterocycles. The number of aromatic nitrogens is 1. The molecule has 1 aromatic heterocycles. The number of nitrogens with zero attached hydrogens (tertiary/aromatic N) is 1. The molecule has 106 valence electrons. The fourth-order valence-corrected chi connectivity index (χ4v) is 2.90. The van der Waals surface area contributed by atoms with Crippen LogP contribution in [0.2, 0.25) is 5.02 Å². The summed E-state index contributed by atoms with van der Waals surface area (Å²) in [4.78, 5) is 4.05. The lowest BCUT2D eigenvalue weighted by atomic mass is 9.99. The van der Waals surface area contributed by atoms with Crippen LogP contribution in [0, 0.1) is 3.57 Å². The van der Waals surface area contributed by atoms with E-state index >= 15 is 0 Å². The maximum Gasteiger partial charge on any atom is 0.0622 e. The van der Waals surface area contributed by atoms with Crippen LogP contribution in [0.15, 0.2) is 42.7 Å². The number of rotatable bonds is 6. The van der Waals surface area contributed by atoms with Crippen LogP contribution in [0.4, 0.5) is 0 Å². The Hall–Kier alpha value is -0.650. The third-order valence-corrected chi connectivity index (χ3v) is 4.18. The van der Waals surface area contributed by atoms with E-state index in [4.69, 9.17) is 11.6 Å². The first-order valence-electron chi connectivity index (χ1n) is 6.78. The summed E-state index contributed by atoms with van der Waals surface area (Å²) in [5.74, 6) is 0. The van der Waals surface area contributed by atoms with E-state index in [0.717, 1.165) is 30.0 Å². The van der Waals surface area contributed by atoms with Crippen molar-refractivity contribution >= 4 is 34.2 Å². The largest absolute Gasteiger partial charge is 0.310 e. The van der Waals surface area contributed by atoms with Crippen LogP contribution in [0.3, 0.4) is 0 Å². The maximum absolute atomic E-state index is 6.23. The van der Waals surface area contributed by atoms with Crippen LogP contribution < -0.4 is 5.32 Å². The van der Waals surface area contributed by atoms with Crippen LogP contribution in [0.5, 0.6) is 0 Å². The van der Waals surface area contributed by atoms with Gasteiger partial charge in [0.05, 0.1) is 5.02 Å². The van der Waals surface area contributed by atoms with Gasteiger partial charge >= 0.3 is 0 Å². The normalized spacial score (nSPS) is 12.3. The maximum atomic E-state index is 6.23. The number of benzene rings is 1. The molecule has 1 N–H and O–H groups in total. The van der Waals surface area contributed by atoms with Crippen molar-refractivity contribution in [1.82, 2.24) is 10.3 Å². The minimum absolute atomic E-state index is 0.282. The van der Waals surface area contributed by atoms with Crippen molar-refractivity contribution in [2.75, 3.05) is 6.54 Å². The zero-order valence-electron chi connectivity index (χ0n) is 11.4. The Morgan fingerprint density at radius 3 is 2.90 bits per heavy atom. The number of hydrogen-bond acceptors (Lipinski definition) is 2. The third kappa shape index (κ3) is 4.43. The molecule has 0 aliphatic carbocycles. The summed E-state index contributed by atoms with van der Waals surface area (Å²) in [6, 6.07) is 10.9. The first kappa shape index (κ1) is 15.7. The van der Waals surface area contributed by atoms with Crippen molar-refractivity contribution in [1.29, 1.82) is 0 Å². The van der Waals surface area contributed by atoms with Crippen molar-refractivity contribution in [3.63, 3.8) is 0 Å². The summed E-state index contributed by atoms with van der Waals surface area (Å²) >= 11 is 8.58. The van der Waals surface area contributed by atoms with E-state index in [-0.39, 0.29) is 6.04 Å². The van der Waals surface area contributed by atoms with Gasteiger partial charge in [0.25, 0.3) is 0 Å². The van der Waals surface area contributed by atoms with Gasteiger partial charge in [-0.05, 0) is 71.3 Å². The second-order valence-corrected chi connectivity index (χ2v) is 6.39. The highest BCUT2D eigenvalue weighted by atomic mass is 127. The van der Waals surface area contributed by atoms with Gasteiger partial charge in [-0.1, -0.05) is 30.7 Å². The third-order valence-electron chi connectivity index (χ3n) is 3.17. The van der Waals surface area contributed by atoms with Crippen molar-refractivity contribution in [2.24, 2.45) is 0 Å². The highest BCUT2D eigenvalue weighted by Gasteiger charge is 2.13. The summed E-state index contributed by atoms with van der Waals surface area (Å²) < 4.78 is 1.25. The molecule has 20 heavy (non-hydrogen) atoms. The molecular formula is C16H18ClIN2. The van der Waals surface area contributed by atoms with Gasteiger partial charge in [-0.15, -0.1) is 0 Å². The zero-order valence-corrected chi connectivity index (χ0v) is 14.4. The smallest absolute Gasteiger partial charge is 0.0622 e. The Bertz CT molecular complexity index is 560. The molecule has 4 heteroatoms. The quantitative estimate of drug-likeness (QED) is 0.716. The highest BCUT2D eigenvalue weighted by Crippen LogP contribution is 2.24. The minimum atomic E-state index is 0.282. The Labute approximate surface area is 139 Å². The number of hydrogen-bond donors (Lipinski definition) is 1. The molecule has 1 heterocycles. The van der Waals surface area contributed by atoms with E-state index in [1.54, 1.807) is 12.4 Å². The van der Waals surface area contributed by atoms with E-state index in [1.807, 2.05) is 6.07 Å². The molecule has 0 radical (unpaired) electrons. The van der Waals surface area contributed by atoms with Gasteiger partial charge < -0.3 is 5.32 Å². The minimum Gasteiger partial charge on any atom is -0.310 e. The molecule has 0 spiro atoms. The molecule has 1 atom stereocenters. The van der Waals surface area contributed by atoms with Gasteiger partial charge in [-0.2, -0.15) is 0 Å². The summed E-state index contributed by atoms with van der Waals surface area (Å²) in [5, 5.41) is 4.34. The van der Waals surface area contributed by atoms with Gasteiger partial charge in [0.15, 0.2) is 0 Å². The summed E-state index contributed by atoms with van der Waals surface area (Å²) in [7, 11) is 0. The number of nitrogens with one attached hydrogen (secondary N) is 1. The van der Waals surface area contributed by atoms with E-state index in [1.165, 1.54) is 9.13 Å².